The van der Waals surface area contributed by atoms with Crippen molar-refractivity contribution in [2.24, 2.45) is 0 Å². The first-order chi connectivity index (χ1) is 12.2. The van der Waals surface area contributed by atoms with Crippen LogP contribution in [-0.4, -0.2) is 28.3 Å². The number of rotatable bonds is 19. The summed E-state index contributed by atoms with van der Waals surface area (Å²) < 4.78 is 43.1. The van der Waals surface area contributed by atoms with Crippen molar-refractivity contribution in [1.82, 2.24) is 0 Å². The van der Waals surface area contributed by atoms with E-state index in [-0.39, 0.29) is 11.5 Å². The van der Waals surface area contributed by atoms with Crippen molar-refractivity contribution in [3.05, 3.63) is 0 Å². The lowest BCUT2D eigenvalue weighted by Crippen LogP contribution is -1.96. The Morgan fingerprint density at radius 2 is 0.500 bits per heavy atom. The molecular formula is C18H36Cl2O4S2. The average molecular weight is 452 g/mol. The molecule has 0 aliphatic carbocycles. The summed E-state index contributed by atoms with van der Waals surface area (Å²) in [7, 11) is 3.72. The number of unbranched alkanes of at least 4 members (excludes halogenated alkanes) is 15. The minimum atomic E-state index is -3.30. The second kappa shape index (κ2) is 16.4. The molecule has 0 aromatic carbocycles. The van der Waals surface area contributed by atoms with Crippen molar-refractivity contribution < 1.29 is 16.8 Å². The maximum atomic E-state index is 10.8. The molecule has 0 saturated carbocycles. The minimum Gasteiger partial charge on any atom is -0.212 e. The van der Waals surface area contributed by atoms with Crippen molar-refractivity contribution in [3.8, 4) is 0 Å². The van der Waals surface area contributed by atoms with Gasteiger partial charge in [-0.3, -0.25) is 0 Å². The lowest BCUT2D eigenvalue weighted by molar-refractivity contribution is 0.530. The molecule has 0 radical (unpaired) electrons. The van der Waals surface area contributed by atoms with Gasteiger partial charge in [0.25, 0.3) is 0 Å². The van der Waals surface area contributed by atoms with Gasteiger partial charge in [-0.25, -0.2) is 16.8 Å². The van der Waals surface area contributed by atoms with E-state index in [1.165, 1.54) is 64.2 Å². The lowest BCUT2D eigenvalue weighted by atomic mass is 10.0. The summed E-state index contributed by atoms with van der Waals surface area (Å²) in [6, 6.07) is 0. The van der Waals surface area contributed by atoms with Crippen LogP contribution in [0.3, 0.4) is 0 Å². The van der Waals surface area contributed by atoms with E-state index in [0.717, 1.165) is 25.7 Å². The van der Waals surface area contributed by atoms with Crippen LogP contribution in [0.15, 0.2) is 0 Å². The predicted molar refractivity (Wildman–Crippen MR) is 113 cm³/mol. The Balaban J connectivity index is 3.11. The highest BCUT2D eigenvalue weighted by molar-refractivity contribution is 8.14. The molecule has 0 N–H and O–H groups in total. The Morgan fingerprint density at radius 3 is 0.654 bits per heavy atom. The van der Waals surface area contributed by atoms with Crippen LogP contribution in [0, 0.1) is 0 Å². The Hall–Kier alpha value is 0.480. The van der Waals surface area contributed by atoms with E-state index in [1.807, 2.05) is 0 Å². The summed E-state index contributed by atoms with van der Waals surface area (Å²) in [6.07, 6.45) is 18.1. The molecule has 0 aliphatic rings. The Morgan fingerprint density at radius 1 is 0.346 bits per heavy atom. The topological polar surface area (TPSA) is 68.3 Å². The fourth-order valence-electron chi connectivity index (χ4n) is 3.02. The molecule has 8 heteroatoms. The van der Waals surface area contributed by atoms with Crippen LogP contribution in [0.1, 0.15) is 103 Å². The third kappa shape index (κ3) is 24.5. The van der Waals surface area contributed by atoms with Gasteiger partial charge in [0.05, 0.1) is 11.5 Å². The SMILES string of the molecule is O=S(=O)(Cl)CCCCCCCCCCCCCCCCCCS(=O)(=O)Cl. The van der Waals surface area contributed by atoms with E-state index in [9.17, 15) is 16.8 Å². The van der Waals surface area contributed by atoms with Crippen LogP contribution in [0.2, 0.25) is 0 Å². The Bertz CT molecular complexity index is 471. The van der Waals surface area contributed by atoms with Gasteiger partial charge in [0, 0.05) is 21.4 Å². The van der Waals surface area contributed by atoms with Gasteiger partial charge in [0.2, 0.25) is 18.1 Å². The molecule has 0 unspecified atom stereocenters. The molecule has 4 nitrogen and oxygen atoms in total. The van der Waals surface area contributed by atoms with E-state index in [4.69, 9.17) is 21.4 Å². The molecule has 158 valence electrons. The fraction of sp³-hybridized carbons (Fsp3) is 1.00. The zero-order valence-electron chi connectivity index (χ0n) is 15.9. The van der Waals surface area contributed by atoms with Crippen molar-refractivity contribution in [3.63, 3.8) is 0 Å². The van der Waals surface area contributed by atoms with Gasteiger partial charge in [0.1, 0.15) is 0 Å². The van der Waals surface area contributed by atoms with Crippen molar-refractivity contribution >= 4 is 39.5 Å². The number of halogens is 2. The second-order valence-corrected chi connectivity index (χ2v) is 12.9. The van der Waals surface area contributed by atoms with Crippen LogP contribution in [0.4, 0.5) is 0 Å². The molecule has 0 fully saturated rings. The highest BCUT2D eigenvalue weighted by atomic mass is 35.7. The summed E-state index contributed by atoms with van der Waals surface area (Å²) in [6.45, 7) is 0. The molecule has 0 atom stereocenters. The first kappa shape index (κ1) is 26.5. The molecule has 0 rings (SSSR count). The third-order valence-electron chi connectivity index (χ3n) is 4.53. The van der Waals surface area contributed by atoms with Gasteiger partial charge in [-0.05, 0) is 12.8 Å². The van der Waals surface area contributed by atoms with Crippen molar-refractivity contribution in [2.45, 2.75) is 103 Å². The normalized spacial score (nSPS) is 12.5. The maximum absolute atomic E-state index is 10.8. The lowest BCUT2D eigenvalue weighted by Gasteiger charge is -2.03. The number of hydrogen-bond acceptors (Lipinski definition) is 4. The highest BCUT2D eigenvalue weighted by Crippen LogP contribution is 2.14. The highest BCUT2D eigenvalue weighted by Gasteiger charge is 2.04. The molecule has 26 heavy (non-hydrogen) atoms. The van der Waals surface area contributed by atoms with E-state index in [1.54, 1.807) is 0 Å². The largest absolute Gasteiger partial charge is 0.232 e. The van der Waals surface area contributed by atoms with Gasteiger partial charge < -0.3 is 0 Å². The maximum Gasteiger partial charge on any atom is 0.232 e. The smallest absolute Gasteiger partial charge is 0.212 e. The Labute approximate surface area is 170 Å². The first-order valence-electron chi connectivity index (χ1n) is 10.1. The molecular weight excluding hydrogens is 415 g/mol. The average Bonchev–Trinajstić information content (AvgIpc) is 2.51. The van der Waals surface area contributed by atoms with Crippen molar-refractivity contribution in [1.29, 1.82) is 0 Å². The standard InChI is InChI=1S/C18H36Cl2O4S2/c19-25(21,22)17-15-13-11-9-7-5-3-1-2-4-6-8-10-12-14-16-18-26(20,23)24/h1-18H2. The summed E-state index contributed by atoms with van der Waals surface area (Å²) in [4.78, 5) is 0. The van der Waals surface area contributed by atoms with E-state index >= 15 is 0 Å². The first-order valence-corrected chi connectivity index (χ1v) is 15.0. The molecule has 0 aromatic heterocycles. The molecule has 0 spiro atoms. The van der Waals surface area contributed by atoms with Crippen LogP contribution in [0.25, 0.3) is 0 Å². The molecule has 0 aromatic rings. The van der Waals surface area contributed by atoms with Crippen molar-refractivity contribution in [2.75, 3.05) is 11.5 Å². The predicted octanol–water partition coefficient (Wildman–Crippen LogP) is 6.37. The fourth-order valence-corrected chi connectivity index (χ4v) is 4.78. The zero-order valence-corrected chi connectivity index (χ0v) is 19.1. The van der Waals surface area contributed by atoms with E-state index < -0.39 is 18.1 Å². The van der Waals surface area contributed by atoms with Gasteiger partial charge in [-0.1, -0.05) is 89.9 Å². The van der Waals surface area contributed by atoms with Gasteiger partial charge >= 0.3 is 0 Å². The second-order valence-electron chi connectivity index (χ2n) is 7.14. The van der Waals surface area contributed by atoms with Crippen LogP contribution < -0.4 is 0 Å². The van der Waals surface area contributed by atoms with Gasteiger partial charge in [0.15, 0.2) is 0 Å². The molecule has 0 saturated heterocycles. The van der Waals surface area contributed by atoms with Crippen LogP contribution in [-0.2, 0) is 18.1 Å². The third-order valence-corrected chi connectivity index (χ3v) is 7.00. The summed E-state index contributed by atoms with van der Waals surface area (Å²) in [5, 5.41) is 0. The molecule has 0 amide bonds. The summed E-state index contributed by atoms with van der Waals surface area (Å²) in [5.74, 6) is 0.202. The molecule has 0 heterocycles. The Kier molecular flexibility index (Phi) is 16.7. The summed E-state index contributed by atoms with van der Waals surface area (Å²) >= 11 is 0. The quantitative estimate of drug-likeness (QED) is 0.169. The minimum absolute atomic E-state index is 0.101. The van der Waals surface area contributed by atoms with E-state index in [0.29, 0.717) is 12.8 Å². The van der Waals surface area contributed by atoms with E-state index in [2.05, 4.69) is 0 Å². The monoisotopic (exact) mass is 450 g/mol. The molecule has 0 aliphatic heterocycles. The van der Waals surface area contributed by atoms with Gasteiger partial charge in [-0.15, -0.1) is 0 Å². The zero-order chi connectivity index (χ0) is 19.7. The summed E-state index contributed by atoms with van der Waals surface area (Å²) in [5.41, 5.74) is 0. The number of hydrogen-bond donors (Lipinski definition) is 0. The van der Waals surface area contributed by atoms with Crippen LogP contribution in [0.5, 0.6) is 0 Å². The van der Waals surface area contributed by atoms with Crippen LogP contribution >= 0.6 is 21.4 Å². The molecule has 0 bridgehead atoms. The van der Waals surface area contributed by atoms with Gasteiger partial charge in [-0.2, -0.15) is 0 Å².